The van der Waals surface area contributed by atoms with E-state index in [4.69, 9.17) is 15.2 Å². The van der Waals surface area contributed by atoms with Gasteiger partial charge < -0.3 is 20.1 Å². The molecule has 2 aliphatic rings. The first kappa shape index (κ1) is 11.7. The fourth-order valence-electron chi connectivity index (χ4n) is 2.83. The predicted octanol–water partition coefficient (Wildman–Crippen LogP) is 2.12. The summed E-state index contributed by atoms with van der Waals surface area (Å²) in [5.41, 5.74) is 7.40. The molecule has 1 aromatic rings. The summed E-state index contributed by atoms with van der Waals surface area (Å²) in [7, 11) is 0. The summed E-state index contributed by atoms with van der Waals surface area (Å²) < 4.78 is 10.8. The molecule has 2 heterocycles. The summed E-state index contributed by atoms with van der Waals surface area (Å²) in [6, 6.07) is 6.33. The second kappa shape index (κ2) is 4.05. The predicted molar refractivity (Wildman–Crippen MR) is 71.2 cm³/mol. The molecule has 0 aliphatic carbocycles. The molecule has 0 bridgehead atoms. The Balaban J connectivity index is 1.94. The Morgan fingerprint density at radius 3 is 2.89 bits per heavy atom. The van der Waals surface area contributed by atoms with Crippen LogP contribution in [-0.4, -0.2) is 24.9 Å². The zero-order valence-electron chi connectivity index (χ0n) is 11.0. The highest BCUT2D eigenvalue weighted by Crippen LogP contribution is 2.39. The largest absolute Gasteiger partial charge is 0.454 e. The van der Waals surface area contributed by atoms with Crippen molar-refractivity contribution in [2.75, 3.05) is 18.2 Å². The lowest BCUT2D eigenvalue weighted by atomic mass is 9.85. The minimum atomic E-state index is -0.0219. The topological polar surface area (TPSA) is 47.7 Å². The zero-order valence-corrected chi connectivity index (χ0v) is 11.0. The van der Waals surface area contributed by atoms with Crippen LogP contribution in [0.1, 0.15) is 26.7 Å². The lowest BCUT2D eigenvalue weighted by molar-refractivity contribution is 0.174. The molecule has 4 nitrogen and oxygen atoms in total. The quantitative estimate of drug-likeness (QED) is 0.827. The number of hydrogen-bond donors (Lipinski definition) is 1. The van der Waals surface area contributed by atoms with Crippen LogP contribution >= 0.6 is 0 Å². The van der Waals surface area contributed by atoms with Gasteiger partial charge in [-0.2, -0.15) is 0 Å². The standard InChI is InChI=1S/C14H20N2O2/c1-14(2)13(15)4-3-7-16(14)10-5-6-11-12(8-10)18-9-17-11/h5-6,8,13H,3-4,7,9,15H2,1-2H3. The lowest BCUT2D eigenvalue weighted by Crippen LogP contribution is -2.59. The monoisotopic (exact) mass is 248 g/mol. The number of benzene rings is 1. The van der Waals surface area contributed by atoms with Crippen LogP contribution in [0.25, 0.3) is 0 Å². The van der Waals surface area contributed by atoms with E-state index >= 15 is 0 Å². The summed E-state index contributed by atoms with van der Waals surface area (Å²) in [5.74, 6) is 1.67. The molecule has 98 valence electrons. The van der Waals surface area contributed by atoms with Gasteiger partial charge in [0.05, 0.1) is 0 Å². The maximum atomic E-state index is 6.26. The average Bonchev–Trinajstić information content (AvgIpc) is 2.79. The molecular weight excluding hydrogens is 228 g/mol. The van der Waals surface area contributed by atoms with Crippen molar-refractivity contribution in [3.63, 3.8) is 0 Å². The van der Waals surface area contributed by atoms with E-state index in [0.29, 0.717) is 6.79 Å². The van der Waals surface area contributed by atoms with Crippen LogP contribution in [0.5, 0.6) is 11.5 Å². The Hall–Kier alpha value is -1.42. The maximum absolute atomic E-state index is 6.26. The zero-order chi connectivity index (χ0) is 12.8. The van der Waals surface area contributed by atoms with Crippen molar-refractivity contribution in [2.24, 2.45) is 5.73 Å². The van der Waals surface area contributed by atoms with Crippen molar-refractivity contribution in [3.8, 4) is 11.5 Å². The SMILES string of the molecule is CC1(C)C(N)CCCN1c1ccc2c(c1)OCO2. The minimum Gasteiger partial charge on any atom is -0.454 e. The van der Waals surface area contributed by atoms with Crippen molar-refractivity contribution in [1.82, 2.24) is 0 Å². The molecule has 0 radical (unpaired) electrons. The van der Waals surface area contributed by atoms with Crippen LogP contribution in [0.4, 0.5) is 5.69 Å². The molecule has 18 heavy (non-hydrogen) atoms. The first-order chi connectivity index (χ1) is 8.59. The Kier molecular flexibility index (Phi) is 2.63. The van der Waals surface area contributed by atoms with Gasteiger partial charge in [0.2, 0.25) is 6.79 Å². The molecule has 2 N–H and O–H groups in total. The molecule has 1 fully saturated rings. The van der Waals surface area contributed by atoms with E-state index in [9.17, 15) is 0 Å². The number of nitrogens with zero attached hydrogens (tertiary/aromatic N) is 1. The van der Waals surface area contributed by atoms with Gasteiger partial charge in [0.1, 0.15) is 0 Å². The van der Waals surface area contributed by atoms with Gasteiger partial charge in [-0.3, -0.25) is 0 Å². The van der Waals surface area contributed by atoms with Gasteiger partial charge in [-0.1, -0.05) is 0 Å². The van der Waals surface area contributed by atoms with Crippen LogP contribution < -0.4 is 20.1 Å². The van der Waals surface area contributed by atoms with Crippen molar-refractivity contribution in [2.45, 2.75) is 38.3 Å². The number of piperidine rings is 1. The molecule has 0 amide bonds. The number of rotatable bonds is 1. The van der Waals surface area contributed by atoms with Crippen LogP contribution in [-0.2, 0) is 0 Å². The van der Waals surface area contributed by atoms with Crippen molar-refractivity contribution in [3.05, 3.63) is 18.2 Å². The Bertz CT molecular complexity index is 459. The molecule has 3 rings (SSSR count). The number of fused-ring (bicyclic) bond motifs is 1. The summed E-state index contributed by atoms with van der Waals surface area (Å²) in [6.07, 6.45) is 2.23. The Morgan fingerprint density at radius 1 is 1.28 bits per heavy atom. The van der Waals surface area contributed by atoms with Gasteiger partial charge in [0.25, 0.3) is 0 Å². The number of nitrogens with two attached hydrogens (primary N) is 1. The molecule has 4 heteroatoms. The van der Waals surface area contributed by atoms with Gasteiger partial charge in [0.15, 0.2) is 11.5 Å². The van der Waals surface area contributed by atoms with E-state index in [0.717, 1.165) is 30.9 Å². The van der Waals surface area contributed by atoms with Crippen LogP contribution in [0.15, 0.2) is 18.2 Å². The van der Waals surface area contributed by atoms with E-state index in [-0.39, 0.29) is 11.6 Å². The first-order valence-corrected chi connectivity index (χ1v) is 6.52. The third-order valence-corrected chi connectivity index (χ3v) is 4.17. The molecule has 0 saturated carbocycles. The van der Waals surface area contributed by atoms with Gasteiger partial charge in [-0.05, 0) is 38.8 Å². The third-order valence-electron chi connectivity index (χ3n) is 4.17. The molecular formula is C14H20N2O2. The third kappa shape index (κ3) is 1.72. The second-order valence-corrected chi connectivity index (χ2v) is 5.59. The highest BCUT2D eigenvalue weighted by molar-refractivity contribution is 5.59. The molecule has 1 atom stereocenters. The summed E-state index contributed by atoms with van der Waals surface area (Å²) in [6.45, 7) is 5.78. The van der Waals surface area contributed by atoms with E-state index in [1.165, 1.54) is 5.69 Å². The smallest absolute Gasteiger partial charge is 0.231 e. The molecule has 1 saturated heterocycles. The summed E-state index contributed by atoms with van der Waals surface area (Å²) in [5, 5.41) is 0. The van der Waals surface area contributed by atoms with Crippen molar-refractivity contribution >= 4 is 5.69 Å². The van der Waals surface area contributed by atoms with E-state index < -0.39 is 0 Å². The fourth-order valence-corrected chi connectivity index (χ4v) is 2.83. The average molecular weight is 248 g/mol. The molecule has 2 aliphatic heterocycles. The molecule has 1 aromatic carbocycles. The van der Waals surface area contributed by atoms with Crippen molar-refractivity contribution < 1.29 is 9.47 Å². The minimum absolute atomic E-state index is 0.0219. The Morgan fingerprint density at radius 2 is 2.06 bits per heavy atom. The molecule has 0 aromatic heterocycles. The van der Waals surface area contributed by atoms with Crippen LogP contribution in [0.2, 0.25) is 0 Å². The van der Waals surface area contributed by atoms with Gasteiger partial charge in [0, 0.05) is 29.9 Å². The normalized spacial score (nSPS) is 25.3. The van der Waals surface area contributed by atoms with Gasteiger partial charge in [-0.15, -0.1) is 0 Å². The molecule has 0 spiro atoms. The van der Waals surface area contributed by atoms with E-state index in [1.54, 1.807) is 0 Å². The summed E-state index contributed by atoms with van der Waals surface area (Å²) in [4.78, 5) is 2.38. The van der Waals surface area contributed by atoms with Crippen molar-refractivity contribution in [1.29, 1.82) is 0 Å². The van der Waals surface area contributed by atoms with Crippen LogP contribution in [0, 0.1) is 0 Å². The van der Waals surface area contributed by atoms with Gasteiger partial charge >= 0.3 is 0 Å². The second-order valence-electron chi connectivity index (χ2n) is 5.59. The van der Waals surface area contributed by atoms with Gasteiger partial charge in [-0.25, -0.2) is 0 Å². The van der Waals surface area contributed by atoms with E-state index in [1.807, 2.05) is 6.07 Å². The number of anilines is 1. The maximum Gasteiger partial charge on any atom is 0.231 e. The fraction of sp³-hybridized carbons (Fsp3) is 0.571. The first-order valence-electron chi connectivity index (χ1n) is 6.52. The lowest BCUT2D eigenvalue weighted by Gasteiger charge is -2.48. The Labute approximate surface area is 108 Å². The number of hydrogen-bond acceptors (Lipinski definition) is 4. The van der Waals surface area contributed by atoms with E-state index in [2.05, 4.69) is 30.9 Å². The summed E-state index contributed by atoms with van der Waals surface area (Å²) >= 11 is 0. The highest BCUT2D eigenvalue weighted by Gasteiger charge is 2.36. The molecule has 1 unspecified atom stereocenters. The number of ether oxygens (including phenoxy) is 2. The highest BCUT2D eigenvalue weighted by atomic mass is 16.7. The van der Waals surface area contributed by atoms with Crippen LogP contribution in [0.3, 0.4) is 0 Å².